The van der Waals surface area contributed by atoms with Crippen LogP contribution < -0.4 is 18.9 Å². The Bertz CT molecular complexity index is 1560. The molecule has 0 unspecified atom stereocenters. The zero-order chi connectivity index (χ0) is 24.7. The van der Waals surface area contributed by atoms with E-state index in [-0.39, 0.29) is 0 Å². The Balaban J connectivity index is 1.94. The van der Waals surface area contributed by atoms with Crippen LogP contribution >= 0.6 is 27.5 Å². The van der Waals surface area contributed by atoms with E-state index in [1.807, 2.05) is 48.5 Å². The molecule has 5 nitrogen and oxygen atoms in total. The molecule has 0 fully saturated rings. The molecule has 0 radical (unpaired) electrons. The Morgan fingerprint density at radius 1 is 0.714 bits per heavy atom. The van der Waals surface area contributed by atoms with Crippen LogP contribution in [0.2, 0.25) is 5.02 Å². The Morgan fingerprint density at radius 2 is 1.31 bits per heavy atom. The summed E-state index contributed by atoms with van der Waals surface area (Å²) in [5.74, 6) is 2.64. The number of nitrogens with zero attached hydrogens (tertiary/aromatic N) is 1. The van der Waals surface area contributed by atoms with Gasteiger partial charge in [-0.15, -0.1) is 0 Å². The first kappa shape index (κ1) is 23.4. The zero-order valence-corrected chi connectivity index (χ0v) is 22.0. The number of hydrogen-bond acceptors (Lipinski definition) is 4. The van der Waals surface area contributed by atoms with Gasteiger partial charge in [-0.3, -0.25) is 0 Å². The fourth-order valence-corrected chi connectivity index (χ4v) is 5.13. The number of benzene rings is 3. The van der Waals surface area contributed by atoms with Crippen molar-refractivity contribution in [3.05, 3.63) is 76.5 Å². The minimum atomic E-state index is 0.645. The van der Waals surface area contributed by atoms with Crippen LogP contribution in [0.15, 0.2) is 71.5 Å². The Morgan fingerprint density at radius 3 is 1.97 bits per heavy atom. The van der Waals surface area contributed by atoms with E-state index in [2.05, 4.69) is 38.8 Å². The minimum Gasteiger partial charge on any atom is -0.493 e. The van der Waals surface area contributed by atoms with Crippen LogP contribution in [0.3, 0.4) is 0 Å². The van der Waals surface area contributed by atoms with Crippen LogP contribution in [0, 0.1) is 0 Å². The van der Waals surface area contributed by atoms with Gasteiger partial charge in [-0.05, 0) is 53.4 Å². The van der Waals surface area contributed by atoms with Crippen molar-refractivity contribution in [2.24, 2.45) is 0 Å². The molecular formula is C28H23BrClNO4. The molecule has 0 bridgehead atoms. The molecule has 5 rings (SSSR count). The summed E-state index contributed by atoms with van der Waals surface area (Å²) in [5.41, 5.74) is 5.14. The predicted molar refractivity (Wildman–Crippen MR) is 145 cm³/mol. The molecule has 3 aromatic carbocycles. The van der Waals surface area contributed by atoms with Gasteiger partial charge >= 0.3 is 0 Å². The molecule has 178 valence electrons. The molecule has 0 saturated heterocycles. The molecule has 0 amide bonds. The van der Waals surface area contributed by atoms with Crippen LogP contribution in [0.5, 0.6) is 23.0 Å². The van der Waals surface area contributed by atoms with Crippen molar-refractivity contribution in [3.63, 3.8) is 0 Å². The van der Waals surface area contributed by atoms with E-state index in [0.29, 0.717) is 28.0 Å². The molecule has 0 aliphatic carbocycles. The minimum absolute atomic E-state index is 0.645. The summed E-state index contributed by atoms with van der Waals surface area (Å²) in [6.45, 7) is 0. The van der Waals surface area contributed by atoms with Gasteiger partial charge in [0.15, 0.2) is 23.0 Å². The van der Waals surface area contributed by atoms with Gasteiger partial charge in [-0.25, -0.2) is 0 Å². The third-order valence-corrected chi connectivity index (χ3v) is 7.06. The van der Waals surface area contributed by atoms with Crippen LogP contribution in [-0.2, 0) is 0 Å². The highest BCUT2D eigenvalue weighted by molar-refractivity contribution is 9.10. The number of hydrogen-bond donors (Lipinski definition) is 0. The lowest BCUT2D eigenvalue weighted by molar-refractivity contribution is 0.355. The van der Waals surface area contributed by atoms with Crippen molar-refractivity contribution in [1.82, 2.24) is 4.40 Å². The fourth-order valence-electron chi connectivity index (χ4n) is 4.48. The Hall–Kier alpha value is -3.35. The normalized spacial score (nSPS) is 11.1. The maximum Gasteiger partial charge on any atom is 0.161 e. The lowest BCUT2D eigenvalue weighted by Gasteiger charge is -2.15. The monoisotopic (exact) mass is 551 g/mol. The number of rotatable bonds is 6. The largest absolute Gasteiger partial charge is 0.493 e. The fraction of sp³-hybridized carbons (Fsp3) is 0.143. The molecule has 0 spiro atoms. The molecule has 5 aromatic rings. The average Bonchev–Trinajstić information content (AvgIpc) is 3.27. The second kappa shape index (κ2) is 9.36. The highest BCUT2D eigenvalue weighted by atomic mass is 79.9. The first-order valence-corrected chi connectivity index (χ1v) is 12.0. The topological polar surface area (TPSA) is 41.3 Å². The summed E-state index contributed by atoms with van der Waals surface area (Å²) in [5, 5.41) is 2.75. The third kappa shape index (κ3) is 3.97. The van der Waals surface area contributed by atoms with E-state index >= 15 is 0 Å². The van der Waals surface area contributed by atoms with E-state index in [1.165, 1.54) is 0 Å². The Kier molecular flexibility index (Phi) is 6.26. The SMILES string of the molecule is COc1cc(Br)c(-c2c(-c3ccc(Cl)cc3)cn3ccc4cc(OC)c(OC)cc4c23)cc1OC. The lowest BCUT2D eigenvalue weighted by Crippen LogP contribution is -1.94. The number of fused-ring (bicyclic) bond motifs is 3. The number of methoxy groups -OCH3 is 4. The van der Waals surface area contributed by atoms with Gasteiger partial charge in [0.1, 0.15) is 0 Å². The predicted octanol–water partition coefficient (Wildman–Crippen LogP) is 7.88. The van der Waals surface area contributed by atoms with Crippen LogP contribution in [-0.4, -0.2) is 32.8 Å². The molecule has 0 N–H and O–H groups in total. The summed E-state index contributed by atoms with van der Waals surface area (Å²) in [6.07, 6.45) is 4.19. The van der Waals surface area contributed by atoms with Crippen molar-refractivity contribution < 1.29 is 18.9 Å². The number of pyridine rings is 1. The van der Waals surface area contributed by atoms with Gasteiger partial charge in [0.2, 0.25) is 0 Å². The summed E-state index contributed by atoms with van der Waals surface area (Å²) < 4.78 is 25.4. The van der Waals surface area contributed by atoms with Crippen molar-refractivity contribution >= 4 is 43.8 Å². The summed E-state index contributed by atoms with van der Waals surface area (Å²) >= 11 is 9.99. The highest BCUT2D eigenvalue weighted by Crippen LogP contribution is 2.47. The van der Waals surface area contributed by atoms with E-state index in [9.17, 15) is 0 Å². The number of aromatic nitrogens is 1. The van der Waals surface area contributed by atoms with Gasteiger partial charge < -0.3 is 23.3 Å². The second-order valence-electron chi connectivity index (χ2n) is 7.98. The van der Waals surface area contributed by atoms with Gasteiger partial charge in [0.25, 0.3) is 0 Å². The molecule has 0 aliphatic rings. The van der Waals surface area contributed by atoms with Gasteiger partial charge in [-0.2, -0.15) is 0 Å². The molecule has 35 heavy (non-hydrogen) atoms. The van der Waals surface area contributed by atoms with Crippen molar-refractivity contribution in [1.29, 1.82) is 0 Å². The molecule has 0 saturated carbocycles. The highest BCUT2D eigenvalue weighted by Gasteiger charge is 2.22. The molecule has 0 aliphatic heterocycles. The van der Waals surface area contributed by atoms with Gasteiger partial charge in [0, 0.05) is 44.0 Å². The van der Waals surface area contributed by atoms with Crippen molar-refractivity contribution in [3.8, 4) is 45.3 Å². The molecule has 2 aromatic heterocycles. The average molecular weight is 553 g/mol. The summed E-state index contributed by atoms with van der Waals surface area (Å²) in [7, 11) is 6.56. The maximum atomic E-state index is 6.20. The lowest BCUT2D eigenvalue weighted by atomic mass is 9.95. The van der Waals surface area contributed by atoms with E-state index in [1.54, 1.807) is 28.4 Å². The first-order valence-electron chi connectivity index (χ1n) is 10.9. The second-order valence-corrected chi connectivity index (χ2v) is 9.27. The van der Waals surface area contributed by atoms with Gasteiger partial charge in [-0.1, -0.05) is 39.7 Å². The molecule has 7 heteroatoms. The quantitative estimate of drug-likeness (QED) is 0.215. The van der Waals surface area contributed by atoms with Crippen LogP contribution in [0.25, 0.3) is 38.5 Å². The van der Waals surface area contributed by atoms with Crippen molar-refractivity contribution in [2.75, 3.05) is 28.4 Å². The van der Waals surface area contributed by atoms with Crippen LogP contribution in [0.1, 0.15) is 0 Å². The Labute approximate surface area is 216 Å². The van der Waals surface area contributed by atoms with E-state index < -0.39 is 0 Å². The first-order chi connectivity index (χ1) is 17.0. The maximum absolute atomic E-state index is 6.20. The molecule has 2 heterocycles. The van der Waals surface area contributed by atoms with E-state index in [4.69, 9.17) is 30.5 Å². The number of halogens is 2. The third-order valence-electron chi connectivity index (χ3n) is 6.16. The summed E-state index contributed by atoms with van der Waals surface area (Å²) in [4.78, 5) is 0. The van der Waals surface area contributed by atoms with Crippen LogP contribution in [0.4, 0.5) is 0 Å². The van der Waals surface area contributed by atoms with Crippen molar-refractivity contribution in [2.45, 2.75) is 0 Å². The standard InChI is InChI=1S/C28H23BrClNO4/c1-32-23-11-17-9-10-31-15-21(16-5-7-18(30)8-6-16)27(28(31)19(17)12-24(23)33-2)20-13-25(34-3)26(35-4)14-22(20)29/h5-15H,1-4H3. The van der Waals surface area contributed by atoms with Gasteiger partial charge in [0.05, 0.1) is 34.0 Å². The smallest absolute Gasteiger partial charge is 0.161 e. The number of ether oxygens (including phenoxy) is 4. The summed E-state index contributed by atoms with van der Waals surface area (Å²) in [6, 6.07) is 17.9. The molecule has 0 atom stereocenters. The van der Waals surface area contributed by atoms with E-state index in [0.717, 1.165) is 43.0 Å². The molecular weight excluding hydrogens is 530 g/mol. The zero-order valence-electron chi connectivity index (χ0n) is 19.7.